The molecule has 0 aliphatic rings. The Bertz CT molecular complexity index is 336. The molecular weight excluding hydrogens is 291 g/mol. The summed E-state index contributed by atoms with van der Waals surface area (Å²) in [6, 6.07) is 1.97. The molecule has 1 rings (SSSR count). The van der Waals surface area contributed by atoms with Crippen molar-refractivity contribution in [2.45, 2.75) is 6.92 Å². The van der Waals surface area contributed by atoms with Crippen molar-refractivity contribution in [2.24, 2.45) is 0 Å². The van der Waals surface area contributed by atoms with Crippen LogP contribution in [-0.2, 0) is 4.74 Å². The Morgan fingerprint density at radius 1 is 1.50 bits per heavy atom. The molecule has 0 saturated carbocycles. The molecule has 90 valence electrons. The van der Waals surface area contributed by atoms with Crippen LogP contribution in [0.3, 0.4) is 0 Å². The average molecular weight is 308 g/mol. The average Bonchev–Trinajstić information content (AvgIpc) is 2.28. The number of hydrogen-bond acceptors (Lipinski definition) is 3. The van der Waals surface area contributed by atoms with Gasteiger partial charge >= 0.3 is 0 Å². The van der Waals surface area contributed by atoms with Gasteiger partial charge in [0, 0.05) is 32.3 Å². The van der Waals surface area contributed by atoms with E-state index in [0.717, 1.165) is 23.4 Å². The lowest BCUT2D eigenvalue weighted by Crippen LogP contribution is -2.30. The number of aromatic nitrogens is 1. The highest BCUT2D eigenvalue weighted by Gasteiger charge is 2.12. The lowest BCUT2D eigenvalue weighted by atomic mass is 10.3. The third-order valence-corrected chi connectivity index (χ3v) is 3.43. The number of hydrogen-bond donors (Lipinski definition) is 0. The molecule has 0 radical (unpaired) electrons. The maximum atomic E-state index is 5.79. The molecule has 3 nitrogen and oxygen atoms in total. The second-order valence-electron chi connectivity index (χ2n) is 3.43. The van der Waals surface area contributed by atoms with Crippen LogP contribution in [0.25, 0.3) is 0 Å². The first-order valence-electron chi connectivity index (χ1n) is 5.11. The normalized spacial score (nSPS) is 10.5. The molecule has 1 aromatic rings. The molecule has 0 aliphatic carbocycles. The number of aryl methyl sites for hydroxylation is 1. The zero-order valence-electron chi connectivity index (χ0n) is 9.54. The Labute approximate surface area is 110 Å². The van der Waals surface area contributed by atoms with Crippen molar-refractivity contribution in [2.75, 3.05) is 37.6 Å². The molecule has 0 saturated heterocycles. The summed E-state index contributed by atoms with van der Waals surface area (Å²) in [7, 11) is 1.69. The van der Waals surface area contributed by atoms with Crippen LogP contribution < -0.4 is 4.90 Å². The fraction of sp³-hybridized carbons (Fsp3) is 0.545. The van der Waals surface area contributed by atoms with E-state index < -0.39 is 0 Å². The molecule has 0 atom stereocenters. The number of ether oxygens (including phenoxy) is 1. The van der Waals surface area contributed by atoms with Gasteiger partial charge in [0.2, 0.25) is 0 Å². The summed E-state index contributed by atoms with van der Waals surface area (Å²) in [5.41, 5.74) is 1.17. The zero-order valence-corrected chi connectivity index (χ0v) is 11.9. The van der Waals surface area contributed by atoms with E-state index in [9.17, 15) is 0 Å². The topological polar surface area (TPSA) is 25.4 Å². The Morgan fingerprint density at radius 2 is 2.25 bits per heavy atom. The summed E-state index contributed by atoms with van der Waals surface area (Å²) < 4.78 is 6.11. The Hall–Kier alpha value is -0.320. The Balaban J connectivity index is 2.86. The van der Waals surface area contributed by atoms with E-state index in [1.165, 1.54) is 5.56 Å². The highest BCUT2D eigenvalue weighted by Crippen LogP contribution is 2.26. The van der Waals surface area contributed by atoms with Crippen LogP contribution in [-0.4, -0.2) is 37.7 Å². The van der Waals surface area contributed by atoms with Gasteiger partial charge in [-0.15, -0.1) is 11.6 Å². The van der Waals surface area contributed by atoms with Gasteiger partial charge in [-0.05, 0) is 34.5 Å². The molecule has 0 N–H and O–H groups in total. The molecule has 0 aromatic carbocycles. The molecule has 1 heterocycles. The van der Waals surface area contributed by atoms with E-state index in [2.05, 4.69) is 25.8 Å². The standard InChI is InChI=1S/C11H16BrClN2O/c1-9-3-5-14-11(10(9)12)15(6-4-13)7-8-16-2/h3,5H,4,6-8H2,1-2H3. The van der Waals surface area contributed by atoms with Crippen molar-refractivity contribution in [3.05, 3.63) is 22.3 Å². The van der Waals surface area contributed by atoms with Crippen molar-refractivity contribution in [3.63, 3.8) is 0 Å². The van der Waals surface area contributed by atoms with Gasteiger partial charge in [-0.25, -0.2) is 4.98 Å². The molecular formula is C11H16BrClN2O. The van der Waals surface area contributed by atoms with Crippen LogP contribution >= 0.6 is 27.5 Å². The summed E-state index contributed by atoms with van der Waals surface area (Å²) in [5.74, 6) is 1.50. The van der Waals surface area contributed by atoms with Crippen LogP contribution in [0.2, 0.25) is 0 Å². The molecule has 5 heteroatoms. The minimum absolute atomic E-state index is 0.575. The Kier molecular flexibility index (Phi) is 6.09. The first kappa shape index (κ1) is 13.7. The van der Waals surface area contributed by atoms with Crippen LogP contribution in [0.15, 0.2) is 16.7 Å². The second-order valence-corrected chi connectivity index (χ2v) is 4.61. The third-order valence-electron chi connectivity index (χ3n) is 2.28. The first-order chi connectivity index (χ1) is 7.70. The minimum atomic E-state index is 0.575. The van der Waals surface area contributed by atoms with Gasteiger partial charge < -0.3 is 9.64 Å². The zero-order chi connectivity index (χ0) is 12.0. The molecule has 0 fully saturated rings. The van der Waals surface area contributed by atoms with Crippen LogP contribution in [0.4, 0.5) is 5.82 Å². The van der Waals surface area contributed by atoms with Gasteiger partial charge in [0.1, 0.15) is 5.82 Å². The van der Waals surface area contributed by atoms with Gasteiger partial charge in [-0.2, -0.15) is 0 Å². The summed E-state index contributed by atoms with van der Waals surface area (Å²) in [6.45, 7) is 4.27. The number of alkyl halides is 1. The predicted octanol–water partition coefficient (Wildman–Crippen LogP) is 2.84. The largest absolute Gasteiger partial charge is 0.383 e. The fourth-order valence-electron chi connectivity index (χ4n) is 1.37. The first-order valence-corrected chi connectivity index (χ1v) is 6.44. The molecule has 16 heavy (non-hydrogen) atoms. The van der Waals surface area contributed by atoms with E-state index in [1.54, 1.807) is 7.11 Å². The van der Waals surface area contributed by atoms with Crippen molar-refractivity contribution in [1.29, 1.82) is 0 Å². The second kappa shape index (κ2) is 7.09. The lowest BCUT2D eigenvalue weighted by molar-refractivity contribution is 0.205. The monoisotopic (exact) mass is 306 g/mol. The smallest absolute Gasteiger partial charge is 0.143 e. The van der Waals surface area contributed by atoms with Crippen molar-refractivity contribution >= 4 is 33.3 Å². The Morgan fingerprint density at radius 3 is 2.88 bits per heavy atom. The maximum Gasteiger partial charge on any atom is 0.143 e. The van der Waals surface area contributed by atoms with Crippen LogP contribution in [0, 0.1) is 6.92 Å². The molecule has 0 amide bonds. The quantitative estimate of drug-likeness (QED) is 0.756. The van der Waals surface area contributed by atoms with E-state index in [-0.39, 0.29) is 0 Å². The predicted molar refractivity (Wildman–Crippen MR) is 71.5 cm³/mol. The van der Waals surface area contributed by atoms with Gasteiger partial charge in [0.25, 0.3) is 0 Å². The summed E-state index contributed by atoms with van der Waals surface area (Å²) in [5, 5.41) is 0. The number of nitrogens with zero attached hydrogens (tertiary/aromatic N) is 2. The highest BCUT2D eigenvalue weighted by molar-refractivity contribution is 9.10. The lowest BCUT2D eigenvalue weighted by Gasteiger charge is -2.23. The number of methoxy groups -OCH3 is 1. The van der Waals surface area contributed by atoms with Crippen LogP contribution in [0.1, 0.15) is 5.56 Å². The van der Waals surface area contributed by atoms with E-state index >= 15 is 0 Å². The fourth-order valence-corrected chi connectivity index (χ4v) is 2.06. The number of pyridine rings is 1. The summed E-state index contributed by atoms with van der Waals surface area (Å²) >= 11 is 9.35. The van der Waals surface area contributed by atoms with Crippen molar-refractivity contribution in [1.82, 2.24) is 4.98 Å². The molecule has 1 aromatic heterocycles. The van der Waals surface area contributed by atoms with E-state index in [0.29, 0.717) is 12.5 Å². The molecule has 0 spiro atoms. The SMILES string of the molecule is COCCN(CCCl)c1nccc(C)c1Br. The van der Waals surface area contributed by atoms with Gasteiger partial charge in [-0.3, -0.25) is 0 Å². The highest BCUT2D eigenvalue weighted by atomic mass is 79.9. The maximum absolute atomic E-state index is 5.79. The van der Waals surface area contributed by atoms with Gasteiger partial charge in [0.15, 0.2) is 0 Å². The van der Waals surface area contributed by atoms with Crippen molar-refractivity contribution < 1.29 is 4.74 Å². The van der Waals surface area contributed by atoms with Crippen molar-refractivity contribution in [3.8, 4) is 0 Å². The summed E-state index contributed by atoms with van der Waals surface area (Å²) in [4.78, 5) is 6.49. The minimum Gasteiger partial charge on any atom is -0.383 e. The molecule has 0 unspecified atom stereocenters. The number of halogens is 2. The number of rotatable bonds is 6. The summed E-state index contributed by atoms with van der Waals surface area (Å²) in [6.07, 6.45) is 1.81. The van der Waals surface area contributed by atoms with E-state index in [4.69, 9.17) is 16.3 Å². The number of anilines is 1. The molecule has 0 bridgehead atoms. The van der Waals surface area contributed by atoms with E-state index in [1.807, 2.05) is 19.2 Å². The van der Waals surface area contributed by atoms with Crippen LogP contribution in [0.5, 0.6) is 0 Å². The van der Waals surface area contributed by atoms with Gasteiger partial charge in [-0.1, -0.05) is 0 Å². The third kappa shape index (κ3) is 3.61. The van der Waals surface area contributed by atoms with Gasteiger partial charge in [0.05, 0.1) is 11.1 Å². The molecule has 0 aliphatic heterocycles.